The minimum absolute atomic E-state index is 0.119. The molecule has 0 fully saturated rings. The SMILES string of the molecule is O=C(NCCCc1ncn[nH]1)c1ccoc1. The van der Waals surface area contributed by atoms with Crippen molar-refractivity contribution in [3.05, 3.63) is 36.3 Å². The van der Waals surface area contributed by atoms with Gasteiger partial charge in [-0.2, -0.15) is 5.10 Å². The average Bonchev–Trinajstić information content (AvgIpc) is 2.96. The molecule has 2 rings (SSSR count). The minimum Gasteiger partial charge on any atom is -0.472 e. The third-order valence-electron chi connectivity index (χ3n) is 2.12. The van der Waals surface area contributed by atoms with E-state index in [1.54, 1.807) is 6.07 Å². The van der Waals surface area contributed by atoms with Gasteiger partial charge in [0.15, 0.2) is 0 Å². The lowest BCUT2D eigenvalue weighted by Crippen LogP contribution is -2.24. The molecule has 2 heterocycles. The molecule has 0 aromatic carbocycles. The quantitative estimate of drug-likeness (QED) is 0.728. The molecule has 0 aliphatic carbocycles. The van der Waals surface area contributed by atoms with Crippen LogP contribution in [0.5, 0.6) is 0 Å². The van der Waals surface area contributed by atoms with Crippen LogP contribution in [-0.4, -0.2) is 27.6 Å². The summed E-state index contributed by atoms with van der Waals surface area (Å²) in [6.45, 7) is 0.602. The van der Waals surface area contributed by atoms with Crippen molar-refractivity contribution in [3.8, 4) is 0 Å². The molecule has 6 nitrogen and oxygen atoms in total. The molecule has 1 amide bonds. The van der Waals surface area contributed by atoms with Crippen LogP contribution in [0.15, 0.2) is 29.3 Å². The molecule has 0 aliphatic heterocycles. The van der Waals surface area contributed by atoms with Crippen molar-refractivity contribution in [2.75, 3.05) is 6.54 Å². The van der Waals surface area contributed by atoms with E-state index < -0.39 is 0 Å². The van der Waals surface area contributed by atoms with Gasteiger partial charge in [0.2, 0.25) is 0 Å². The molecule has 0 unspecified atom stereocenters. The third kappa shape index (κ3) is 2.69. The van der Waals surface area contributed by atoms with Crippen LogP contribution in [0, 0.1) is 0 Å². The third-order valence-corrected chi connectivity index (χ3v) is 2.12. The molecule has 0 atom stereocenters. The second-order valence-electron chi connectivity index (χ2n) is 3.30. The molecule has 84 valence electrons. The number of nitrogens with one attached hydrogen (secondary N) is 2. The molecule has 2 aromatic heterocycles. The lowest BCUT2D eigenvalue weighted by atomic mass is 10.3. The molecule has 0 aliphatic rings. The molecular weight excluding hydrogens is 208 g/mol. The summed E-state index contributed by atoms with van der Waals surface area (Å²) in [5.41, 5.74) is 0.541. The summed E-state index contributed by atoms with van der Waals surface area (Å²) in [6.07, 6.45) is 5.96. The van der Waals surface area contributed by atoms with Crippen molar-refractivity contribution >= 4 is 5.91 Å². The fourth-order valence-electron chi connectivity index (χ4n) is 1.30. The topological polar surface area (TPSA) is 83.8 Å². The monoisotopic (exact) mass is 220 g/mol. The van der Waals surface area contributed by atoms with Crippen LogP contribution >= 0.6 is 0 Å². The first-order valence-electron chi connectivity index (χ1n) is 5.01. The summed E-state index contributed by atoms with van der Waals surface area (Å²) in [4.78, 5) is 15.4. The number of aromatic nitrogens is 3. The Hall–Kier alpha value is -2.11. The first-order valence-corrected chi connectivity index (χ1v) is 5.01. The van der Waals surface area contributed by atoms with E-state index in [1.807, 2.05) is 0 Å². The summed E-state index contributed by atoms with van der Waals surface area (Å²) < 4.78 is 4.82. The Labute approximate surface area is 92.1 Å². The number of hydrogen-bond acceptors (Lipinski definition) is 4. The van der Waals surface area contributed by atoms with Gasteiger partial charge in [0.05, 0.1) is 11.8 Å². The molecule has 0 radical (unpaired) electrons. The fourth-order valence-corrected chi connectivity index (χ4v) is 1.30. The second-order valence-corrected chi connectivity index (χ2v) is 3.30. The highest BCUT2D eigenvalue weighted by molar-refractivity contribution is 5.93. The van der Waals surface area contributed by atoms with Gasteiger partial charge in [0.1, 0.15) is 18.4 Å². The normalized spacial score (nSPS) is 10.2. The number of amides is 1. The van der Waals surface area contributed by atoms with E-state index in [2.05, 4.69) is 20.5 Å². The Morgan fingerprint density at radius 2 is 2.50 bits per heavy atom. The molecule has 0 saturated carbocycles. The number of H-pyrrole nitrogens is 1. The zero-order valence-corrected chi connectivity index (χ0v) is 8.64. The first kappa shape index (κ1) is 10.4. The Morgan fingerprint density at radius 1 is 1.56 bits per heavy atom. The van der Waals surface area contributed by atoms with Crippen LogP contribution in [-0.2, 0) is 6.42 Å². The van der Waals surface area contributed by atoms with E-state index in [0.717, 1.165) is 18.7 Å². The maximum Gasteiger partial charge on any atom is 0.254 e. The van der Waals surface area contributed by atoms with Crippen molar-refractivity contribution in [1.82, 2.24) is 20.5 Å². The van der Waals surface area contributed by atoms with Crippen molar-refractivity contribution in [1.29, 1.82) is 0 Å². The van der Waals surface area contributed by atoms with Gasteiger partial charge in [0.25, 0.3) is 5.91 Å². The van der Waals surface area contributed by atoms with E-state index in [9.17, 15) is 4.79 Å². The van der Waals surface area contributed by atoms with E-state index in [4.69, 9.17) is 4.42 Å². The Kier molecular flexibility index (Phi) is 3.32. The standard InChI is InChI=1S/C10H12N4O2/c15-10(8-3-5-16-6-8)11-4-1-2-9-12-7-13-14-9/h3,5-7H,1-2,4H2,(H,11,15)(H,12,13,14). The van der Waals surface area contributed by atoms with Gasteiger partial charge in [-0.25, -0.2) is 4.98 Å². The zero-order valence-electron chi connectivity index (χ0n) is 8.64. The van der Waals surface area contributed by atoms with Crippen LogP contribution in [0.3, 0.4) is 0 Å². The van der Waals surface area contributed by atoms with Gasteiger partial charge in [-0.1, -0.05) is 0 Å². The van der Waals surface area contributed by atoms with Crippen LogP contribution in [0.25, 0.3) is 0 Å². The van der Waals surface area contributed by atoms with Crippen LogP contribution in [0.1, 0.15) is 22.6 Å². The largest absolute Gasteiger partial charge is 0.472 e. The van der Waals surface area contributed by atoms with Gasteiger partial charge >= 0.3 is 0 Å². The van der Waals surface area contributed by atoms with Gasteiger partial charge < -0.3 is 9.73 Å². The lowest BCUT2D eigenvalue weighted by Gasteiger charge is -2.01. The molecule has 0 bridgehead atoms. The Morgan fingerprint density at radius 3 is 3.19 bits per heavy atom. The number of rotatable bonds is 5. The maximum absolute atomic E-state index is 11.5. The van der Waals surface area contributed by atoms with Crippen LogP contribution in [0.4, 0.5) is 0 Å². The highest BCUT2D eigenvalue weighted by atomic mass is 16.3. The van der Waals surface area contributed by atoms with Gasteiger partial charge in [-0.3, -0.25) is 9.89 Å². The van der Waals surface area contributed by atoms with Gasteiger partial charge in [0, 0.05) is 13.0 Å². The number of aryl methyl sites for hydroxylation is 1. The molecule has 0 saturated heterocycles. The van der Waals surface area contributed by atoms with Crippen LogP contribution < -0.4 is 5.32 Å². The Balaban J connectivity index is 1.67. The molecule has 2 aromatic rings. The summed E-state index contributed by atoms with van der Waals surface area (Å²) >= 11 is 0. The van der Waals surface area contributed by atoms with Gasteiger partial charge in [-0.05, 0) is 12.5 Å². The smallest absolute Gasteiger partial charge is 0.254 e. The Bertz CT molecular complexity index is 422. The van der Waals surface area contributed by atoms with E-state index in [1.165, 1.54) is 18.9 Å². The van der Waals surface area contributed by atoms with E-state index in [-0.39, 0.29) is 5.91 Å². The molecule has 2 N–H and O–H groups in total. The molecular formula is C10H12N4O2. The maximum atomic E-state index is 11.5. The van der Waals surface area contributed by atoms with Crippen LogP contribution in [0.2, 0.25) is 0 Å². The summed E-state index contributed by atoms with van der Waals surface area (Å²) in [6, 6.07) is 1.63. The van der Waals surface area contributed by atoms with E-state index >= 15 is 0 Å². The van der Waals surface area contributed by atoms with Crippen molar-refractivity contribution in [2.24, 2.45) is 0 Å². The lowest BCUT2D eigenvalue weighted by molar-refractivity contribution is 0.0952. The highest BCUT2D eigenvalue weighted by Gasteiger charge is 2.05. The summed E-state index contributed by atoms with van der Waals surface area (Å²) in [5.74, 6) is 0.712. The molecule has 16 heavy (non-hydrogen) atoms. The predicted molar refractivity (Wildman–Crippen MR) is 55.7 cm³/mol. The number of carbonyl (C=O) groups excluding carboxylic acids is 1. The first-order chi connectivity index (χ1) is 7.86. The number of hydrogen-bond donors (Lipinski definition) is 2. The number of carbonyl (C=O) groups is 1. The van der Waals surface area contributed by atoms with E-state index in [0.29, 0.717) is 12.1 Å². The average molecular weight is 220 g/mol. The molecule has 6 heteroatoms. The van der Waals surface area contributed by atoms with Gasteiger partial charge in [-0.15, -0.1) is 0 Å². The predicted octanol–water partition coefficient (Wildman–Crippen LogP) is 0.760. The number of nitrogens with zero attached hydrogens (tertiary/aromatic N) is 2. The zero-order chi connectivity index (χ0) is 11.2. The van der Waals surface area contributed by atoms with Crippen molar-refractivity contribution in [2.45, 2.75) is 12.8 Å². The van der Waals surface area contributed by atoms with Crippen molar-refractivity contribution in [3.63, 3.8) is 0 Å². The second kappa shape index (κ2) is 5.11. The minimum atomic E-state index is -0.119. The fraction of sp³-hybridized carbons (Fsp3) is 0.300. The summed E-state index contributed by atoms with van der Waals surface area (Å²) in [5, 5.41) is 9.29. The summed E-state index contributed by atoms with van der Waals surface area (Å²) in [7, 11) is 0. The number of aromatic amines is 1. The highest BCUT2D eigenvalue weighted by Crippen LogP contribution is 1.99. The van der Waals surface area contributed by atoms with Crippen molar-refractivity contribution < 1.29 is 9.21 Å². The molecule has 0 spiro atoms. The number of furan rings is 1.